The van der Waals surface area contributed by atoms with Crippen LogP contribution in [0.5, 0.6) is 5.75 Å². The summed E-state index contributed by atoms with van der Waals surface area (Å²) in [5.41, 5.74) is 3.16. The lowest BCUT2D eigenvalue weighted by atomic mass is 10.1. The van der Waals surface area contributed by atoms with Crippen LogP contribution in [-0.2, 0) is 9.53 Å². The molecular weight excluding hydrogens is 342 g/mol. The van der Waals surface area contributed by atoms with Gasteiger partial charge in [-0.1, -0.05) is 31.5 Å². The van der Waals surface area contributed by atoms with Crippen molar-refractivity contribution < 1.29 is 19.1 Å². The standard InChI is InChI=1S/C22H27NO4/c1-14(2)13-26-19-9-7-18(8-10-19)22(25)27-17(5)21(24)23-20-11-6-15(3)12-16(20)4/h6-12,14,17H,13H2,1-5H3,(H,23,24)/t17-/m1/s1. The maximum absolute atomic E-state index is 12.3. The van der Waals surface area contributed by atoms with Gasteiger partial charge in [-0.25, -0.2) is 4.79 Å². The molecule has 144 valence electrons. The number of anilines is 1. The summed E-state index contributed by atoms with van der Waals surface area (Å²) in [6, 6.07) is 12.4. The van der Waals surface area contributed by atoms with Gasteiger partial charge in [0.25, 0.3) is 5.91 Å². The molecule has 1 amide bonds. The minimum absolute atomic E-state index is 0.368. The van der Waals surface area contributed by atoms with E-state index in [0.717, 1.165) is 11.1 Å². The molecule has 5 nitrogen and oxygen atoms in total. The van der Waals surface area contributed by atoms with E-state index in [9.17, 15) is 9.59 Å². The van der Waals surface area contributed by atoms with Gasteiger partial charge < -0.3 is 14.8 Å². The molecule has 0 aromatic heterocycles. The third-order valence-electron chi connectivity index (χ3n) is 3.97. The molecule has 0 fully saturated rings. The third-order valence-corrected chi connectivity index (χ3v) is 3.97. The van der Waals surface area contributed by atoms with E-state index in [1.807, 2.05) is 32.0 Å². The van der Waals surface area contributed by atoms with Crippen molar-refractivity contribution in [2.24, 2.45) is 5.92 Å². The number of hydrogen-bond acceptors (Lipinski definition) is 4. The SMILES string of the molecule is Cc1ccc(NC(=O)[C@@H](C)OC(=O)c2ccc(OCC(C)C)cc2)c(C)c1. The molecule has 0 saturated carbocycles. The summed E-state index contributed by atoms with van der Waals surface area (Å²) in [6.07, 6.45) is -0.907. The van der Waals surface area contributed by atoms with Gasteiger partial charge in [-0.3, -0.25) is 4.79 Å². The van der Waals surface area contributed by atoms with Gasteiger partial charge in [0.15, 0.2) is 6.10 Å². The van der Waals surface area contributed by atoms with Crippen LogP contribution in [0.2, 0.25) is 0 Å². The first kappa shape index (κ1) is 20.5. The molecule has 0 aliphatic carbocycles. The molecule has 0 saturated heterocycles. The first-order valence-corrected chi connectivity index (χ1v) is 9.08. The molecular formula is C22H27NO4. The summed E-state index contributed by atoms with van der Waals surface area (Å²) in [6.45, 7) is 10.2. The lowest BCUT2D eigenvalue weighted by molar-refractivity contribution is -0.123. The highest BCUT2D eigenvalue weighted by Gasteiger charge is 2.19. The van der Waals surface area contributed by atoms with Crippen LogP contribution in [0, 0.1) is 19.8 Å². The van der Waals surface area contributed by atoms with E-state index in [1.165, 1.54) is 0 Å². The number of esters is 1. The Bertz CT molecular complexity index is 796. The van der Waals surface area contributed by atoms with Crippen LogP contribution in [0.4, 0.5) is 5.69 Å². The average Bonchev–Trinajstić information content (AvgIpc) is 2.62. The van der Waals surface area contributed by atoms with Crippen LogP contribution in [0.15, 0.2) is 42.5 Å². The van der Waals surface area contributed by atoms with Crippen LogP contribution < -0.4 is 10.1 Å². The molecule has 0 bridgehead atoms. The van der Waals surface area contributed by atoms with Gasteiger partial charge in [-0.05, 0) is 62.6 Å². The van der Waals surface area contributed by atoms with Gasteiger partial charge in [0.05, 0.1) is 12.2 Å². The Morgan fingerprint density at radius 3 is 2.26 bits per heavy atom. The number of carbonyl (C=O) groups is 2. The molecule has 0 radical (unpaired) electrons. The van der Waals surface area contributed by atoms with E-state index in [-0.39, 0.29) is 5.91 Å². The second kappa shape index (κ2) is 9.21. The van der Waals surface area contributed by atoms with E-state index < -0.39 is 12.1 Å². The van der Waals surface area contributed by atoms with Gasteiger partial charge in [-0.15, -0.1) is 0 Å². The van der Waals surface area contributed by atoms with Gasteiger partial charge in [0.1, 0.15) is 5.75 Å². The Hall–Kier alpha value is -2.82. The molecule has 0 heterocycles. The molecule has 0 aliphatic heterocycles. The van der Waals surface area contributed by atoms with E-state index in [2.05, 4.69) is 19.2 Å². The fourth-order valence-corrected chi connectivity index (χ4v) is 2.42. The summed E-state index contributed by atoms with van der Waals surface area (Å²) in [5, 5.41) is 2.79. The summed E-state index contributed by atoms with van der Waals surface area (Å²) in [7, 11) is 0. The van der Waals surface area contributed by atoms with Crippen LogP contribution in [-0.4, -0.2) is 24.6 Å². The van der Waals surface area contributed by atoms with E-state index in [4.69, 9.17) is 9.47 Å². The highest BCUT2D eigenvalue weighted by Crippen LogP contribution is 2.17. The molecule has 2 aromatic rings. The van der Waals surface area contributed by atoms with Gasteiger partial charge in [-0.2, -0.15) is 0 Å². The predicted octanol–water partition coefficient (Wildman–Crippen LogP) is 4.52. The van der Waals surface area contributed by atoms with Gasteiger partial charge in [0.2, 0.25) is 0 Å². The summed E-state index contributed by atoms with van der Waals surface area (Å²) in [4.78, 5) is 24.6. The topological polar surface area (TPSA) is 64.6 Å². The Kier molecular flexibility index (Phi) is 6.99. The van der Waals surface area contributed by atoms with E-state index in [1.54, 1.807) is 31.2 Å². The quantitative estimate of drug-likeness (QED) is 0.729. The highest BCUT2D eigenvalue weighted by atomic mass is 16.5. The van der Waals surface area contributed by atoms with Crippen molar-refractivity contribution in [1.29, 1.82) is 0 Å². The normalized spacial score (nSPS) is 11.8. The zero-order valence-electron chi connectivity index (χ0n) is 16.5. The van der Waals surface area contributed by atoms with Crippen molar-refractivity contribution in [2.75, 3.05) is 11.9 Å². The maximum Gasteiger partial charge on any atom is 0.338 e. The molecule has 27 heavy (non-hydrogen) atoms. The Morgan fingerprint density at radius 2 is 1.67 bits per heavy atom. The van der Waals surface area contributed by atoms with Gasteiger partial charge >= 0.3 is 5.97 Å². The highest BCUT2D eigenvalue weighted by molar-refractivity contribution is 5.97. The number of nitrogens with one attached hydrogen (secondary N) is 1. The average molecular weight is 369 g/mol. The Morgan fingerprint density at radius 1 is 1.00 bits per heavy atom. The number of benzene rings is 2. The van der Waals surface area contributed by atoms with Crippen molar-refractivity contribution in [2.45, 2.75) is 40.7 Å². The molecule has 2 aromatic carbocycles. The summed E-state index contributed by atoms with van der Waals surface area (Å²) >= 11 is 0. The lowest BCUT2D eigenvalue weighted by Gasteiger charge is -2.15. The summed E-state index contributed by atoms with van der Waals surface area (Å²) in [5.74, 6) is 0.202. The Balaban J connectivity index is 1.93. The number of carbonyl (C=O) groups excluding carboxylic acids is 2. The molecule has 5 heteroatoms. The zero-order chi connectivity index (χ0) is 20.0. The molecule has 0 spiro atoms. The zero-order valence-corrected chi connectivity index (χ0v) is 16.5. The predicted molar refractivity (Wildman–Crippen MR) is 106 cm³/mol. The number of ether oxygens (including phenoxy) is 2. The van der Waals surface area contributed by atoms with Crippen molar-refractivity contribution in [3.8, 4) is 5.75 Å². The van der Waals surface area contributed by atoms with Crippen LogP contribution in [0.1, 0.15) is 42.3 Å². The van der Waals surface area contributed by atoms with Crippen LogP contribution in [0.3, 0.4) is 0 Å². The Labute approximate surface area is 160 Å². The molecule has 0 unspecified atom stereocenters. The molecule has 1 N–H and O–H groups in total. The number of rotatable bonds is 7. The van der Waals surface area contributed by atoms with Crippen molar-refractivity contribution >= 4 is 17.6 Å². The van der Waals surface area contributed by atoms with Crippen LogP contribution >= 0.6 is 0 Å². The van der Waals surface area contributed by atoms with E-state index >= 15 is 0 Å². The third kappa shape index (κ3) is 6.13. The second-order valence-electron chi connectivity index (χ2n) is 7.08. The molecule has 1 atom stereocenters. The smallest absolute Gasteiger partial charge is 0.338 e. The first-order valence-electron chi connectivity index (χ1n) is 9.08. The fraction of sp³-hybridized carbons (Fsp3) is 0.364. The van der Waals surface area contributed by atoms with Crippen molar-refractivity contribution in [3.63, 3.8) is 0 Å². The minimum atomic E-state index is -0.907. The van der Waals surface area contributed by atoms with E-state index in [0.29, 0.717) is 29.5 Å². The second-order valence-corrected chi connectivity index (χ2v) is 7.08. The van der Waals surface area contributed by atoms with Gasteiger partial charge in [0, 0.05) is 5.69 Å². The summed E-state index contributed by atoms with van der Waals surface area (Å²) < 4.78 is 10.9. The number of hydrogen-bond donors (Lipinski definition) is 1. The first-order chi connectivity index (χ1) is 12.8. The monoisotopic (exact) mass is 369 g/mol. The van der Waals surface area contributed by atoms with Crippen LogP contribution in [0.25, 0.3) is 0 Å². The van der Waals surface area contributed by atoms with Crippen molar-refractivity contribution in [3.05, 3.63) is 59.2 Å². The lowest BCUT2D eigenvalue weighted by Crippen LogP contribution is -2.30. The molecule has 2 rings (SSSR count). The minimum Gasteiger partial charge on any atom is -0.493 e. The maximum atomic E-state index is 12.3. The largest absolute Gasteiger partial charge is 0.493 e. The molecule has 0 aliphatic rings. The number of amides is 1. The van der Waals surface area contributed by atoms with Crippen molar-refractivity contribution in [1.82, 2.24) is 0 Å². The number of aryl methyl sites for hydroxylation is 2. The fourth-order valence-electron chi connectivity index (χ4n) is 2.42.